The highest BCUT2D eigenvalue weighted by Gasteiger charge is 2.16. The maximum absolute atomic E-state index is 5.20. The van der Waals surface area contributed by atoms with Crippen LogP contribution in [0.15, 0.2) is 0 Å². The molecule has 0 bridgehead atoms. The predicted octanol–water partition coefficient (Wildman–Crippen LogP) is 2.11. The lowest BCUT2D eigenvalue weighted by Crippen LogP contribution is -2.30. The van der Waals surface area contributed by atoms with Crippen molar-refractivity contribution in [1.82, 2.24) is 10.2 Å². The Labute approximate surface area is 91.4 Å². The van der Waals surface area contributed by atoms with Crippen LogP contribution in [0.1, 0.15) is 25.2 Å². The summed E-state index contributed by atoms with van der Waals surface area (Å²) in [5, 5.41) is 10.6. The maximum Gasteiger partial charge on any atom is 0.0825 e. The summed E-state index contributed by atoms with van der Waals surface area (Å²) in [6.07, 6.45) is 0. The Bertz CT molecular complexity index is 287. The van der Waals surface area contributed by atoms with Crippen molar-refractivity contribution < 1.29 is 4.74 Å². The molecule has 4 heteroatoms. The third kappa shape index (κ3) is 2.96. The Hall–Kier alpha value is -1.03. The van der Waals surface area contributed by atoms with Gasteiger partial charge in [-0.15, -0.1) is 0 Å². The predicted molar refractivity (Wildman–Crippen MR) is 62.2 cm³/mol. The molecule has 0 radical (unpaired) electrons. The number of rotatable bonds is 5. The van der Waals surface area contributed by atoms with Crippen molar-refractivity contribution in [1.29, 1.82) is 0 Å². The van der Waals surface area contributed by atoms with Gasteiger partial charge < -0.3 is 10.1 Å². The van der Waals surface area contributed by atoms with Crippen LogP contribution in [0.4, 0.5) is 5.69 Å². The van der Waals surface area contributed by atoms with Crippen LogP contribution in [0, 0.1) is 19.8 Å². The second kappa shape index (κ2) is 5.16. The molecule has 0 aliphatic carbocycles. The van der Waals surface area contributed by atoms with Gasteiger partial charge in [0, 0.05) is 7.11 Å². The van der Waals surface area contributed by atoms with Crippen LogP contribution in [-0.4, -0.2) is 30.0 Å². The Morgan fingerprint density at radius 2 is 2.07 bits per heavy atom. The SMILES string of the molecule is COCC(Nc1c(C)n[nH]c1C)C(C)C. The van der Waals surface area contributed by atoms with Crippen molar-refractivity contribution in [3.05, 3.63) is 11.4 Å². The molecule has 2 N–H and O–H groups in total. The van der Waals surface area contributed by atoms with Gasteiger partial charge in [0.1, 0.15) is 0 Å². The number of aromatic amines is 1. The van der Waals surface area contributed by atoms with Gasteiger partial charge in [0.2, 0.25) is 0 Å². The smallest absolute Gasteiger partial charge is 0.0825 e. The summed E-state index contributed by atoms with van der Waals surface area (Å²) >= 11 is 0. The Kier molecular flexibility index (Phi) is 4.15. The summed E-state index contributed by atoms with van der Waals surface area (Å²) in [6, 6.07) is 0.324. The van der Waals surface area contributed by atoms with Gasteiger partial charge >= 0.3 is 0 Å². The molecule has 1 aromatic heterocycles. The molecule has 0 aliphatic rings. The van der Waals surface area contributed by atoms with E-state index < -0.39 is 0 Å². The fraction of sp³-hybridized carbons (Fsp3) is 0.727. The van der Waals surface area contributed by atoms with Gasteiger partial charge in [0.25, 0.3) is 0 Å². The minimum Gasteiger partial charge on any atom is -0.383 e. The molecular formula is C11H21N3O. The number of ether oxygens (including phenoxy) is 1. The quantitative estimate of drug-likeness (QED) is 0.784. The lowest BCUT2D eigenvalue weighted by molar-refractivity contribution is 0.171. The van der Waals surface area contributed by atoms with Gasteiger partial charge in [-0.05, 0) is 19.8 Å². The van der Waals surface area contributed by atoms with Gasteiger partial charge in [-0.3, -0.25) is 5.10 Å². The van der Waals surface area contributed by atoms with E-state index in [0.717, 1.165) is 17.1 Å². The number of anilines is 1. The van der Waals surface area contributed by atoms with Crippen LogP contribution in [-0.2, 0) is 4.74 Å². The second-order valence-corrected chi connectivity index (χ2v) is 4.26. The van der Waals surface area contributed by atoms with E-state index >= 15 is 0 Å². The van der Waals surface area contributed by atoms with Gasteiger partial charge in [-0.1, -0.05) is 13.8 Å². The number of methoxy groups -OCH3 is 1. The van der Waals surface area contributed by atoms with E-state index in [1.807, 2.05) is 13.8 Å². The number of H-pyrrole nitrogens is 1. The highest BCUT2D eigenvalue weighted by molar-refractivity contribution is 5.52. The van der Waals surface area contributed by atoms with E-state index in [9.17, 15) is 0 Å². The van der Waals surface area contributed by atoms with Crippen LogP contribution in [0.3, 0.4) is 0 Å². The summed E-state index contributed by atoms with van der Waals surface area (Å²) in [5.74, 6) is 0.527. The zero-order valence-corrected chi connectivity index (χ0v) is 10.2. The molecule has 0 spiro atoms. The molecule has 4 nitrogen and oxygen atoms in total. The minimum absolute atomic E-state index is 0.324. The standard InChI is InChI=1S/C11H21N3O/c1-7(2)10(6-15-5)12-11-8(3)13-14-9(11)4/h7,10,12H,6H2,1-5H3,(H,13,14). The Balaban J connectivity index is 2.73. The van der Waals surface area contributed by atoms with E-state index in [1.54, 1.807) is 7.11 Å². The molecule has 15 heavy (non-hydrogen) atoms. The van der Waals surface area contributed by atoms with Crippen LogP contribution in [0.25, 0.3) is 0 Å². The average molecular weight is 211 g/mol. The number of nitrogens with zero attached hydrogens (tertiary/aromatic N) is 1. The molecule has 0 aliphatic heterocycles. The Morgan fingerprint density at radius 1 is 1.40 bits per heavy atom. The number of hydrogen-bond acceptors (Lipinski definition) is 3. The van der Waals surface area contributed by atoms with E-state index in [4.69, 9.17) is 4.74 Å². The summed E-state index contributed by atoms with van der Waals surface area (Å²) in [6.45, 7) is 9.09. The first-order valence-electron chi connectivity index (χ1n) is 5.33. The van der Waals surface area contributed by atoms with Crippen LogP contribution < -0.4 is 5.32 Å². The van der Waals surface area contributed by atoms with Crippen molar-refractivity contribution in [3.8, 4) is 0 Å². The van der Waals surface area contributed by atoms with Crippen molar-refractivity contribution in [2.24, 2.45) is 5.92 Å². The lowest BCUT2D eigenvalue weighted by Gasteiger charge is -2.22. The number of nitrogens with one attached hydrogen (secondary N) is 2. The van der Waals surface area contributed by atoms with E-state index in [-0.39, 0.29) is 0 Å². The largest absolute Gasteiger partial charge is 0.383 e. The molecule has 1 rings (SSSR count). The number of hydrogen-bond donors (Lipinski definition) is 2. The molecule has 0 saturated carbocycles. The maximum atomic E-state index is 5.20. The van der Waals surface area contributed by atoms with Crippen molar-refractivity contribution >= 4 is 5.69 Å². The van der Waals surface area contributed by atoms with Gasteiger partial charge in [0.15, 0.2) is 0 Å². The third-order valence-corrected chi connectivity index (χ3v) is 2.61. The normalized spacial score (nSPS) is 13.2. The number of aromatic nitrogens is 2. The first-order chi connectivity index (χ1) is 7.06. The van der Waals surface area contributed by atoms with Gasteiger partial charge in [0.05, 0.1) is 29.7 Å². The van der Waals surface area contributed by atoms with Crippen molar-refractivity contribution in [2.75, 3.05) is 19.0 Å². The van der Waals surface area contributed by atoms with E-state index in [2.05, 4.69) is 29.4 Å². The van der Waals surface area contributed by atoms with E-state index in [1.165, 1.54) is 0 Å². The minimum atomic E-state index is 0.324. The molecule has 0 saturated heterocycles. The molecule has 1 aromatic rings. The molecule has 1 heterocycles. The highest BCUT2D eigenvalue weighted by Crippen LogP contribution is 2.19. The molecule has 0 aromatic carbocycles. The fourth-order valence-electron chi connectivity index (χ4n) is 1.53. The summed E-state index contributed by atoms with van der Waals surface area (Å²) in [7, 11) is 1.73. The highest BCUT2D eigenvalue weighted by atomic mass is 16.5. The summed E-state index contributed by atoms with van der Waals surface area (Å²) in [4.78, 5) is 0. The van der Waals surface area contributed by atoms with Crippen molar-refractivity contribution in [2.45, 2.75) is 33.7 Å². The monoisotopic (exact) mass is 211 g/mol. The summed E-state index contributed by atoms with van der Waals surface area (Å²) in [5.41, 5.74) is 3.19. The second-order valence-electron chi connectivity index (χ2n) is 4.26. The van der Waals surface area contributed by atoms with Gasteiger partial charge in [-0.25, -0.2) is 0 Å². The lowest BCUT2D eigenvalue weighted by atomic mass is 10.0. The first-order valence-corrected chi connectivity index (χ1v) is 5.33. The topological polar surface area (TPSA) is 49.9 Å². The molecule has 0 fully saturated rings. The zero-order chi connectivity index (χ0) is 11.4. The summed E-state index contributed by atoms with van der Waals surface area (Å²) < 4.78 is 5.20. The van der Waals surface area contributed by atoms with E-state index in [0.29, 0.717) is 18.6 Å². The number of aryl methyl sites for hydroxylation is 2. The molecule has 86 valence electrons. The first kappa shape index (κ1) is 12.0. The van der Waals surface area contributed by atoms with Crippen LogP contribution in [0.5, 0.6) is 0 Å². The molecule has 0 amide bonds. The average Bonchev–Trinajstić information content (AvgIpc) is 2.48. The van der Waals surface area contributed by atoms with Crippen LogP contribution >= 0.6 is 0 Å². The fourth-order valence-corrected chi connectivity index (χ4v) is 1.53. The molecular weight excluding hydrogens is 190 g/mol. The zero-order valence-electron chi connectivity index (χ0n) is 10.2. The third-order valence-electron chi connectivity index (χ3n) is 2.61. The molecule has 1 atom stereocenters. The Morgan fingerprint density at radius 3 is 2.47 bits per heavy atom. The van der Waals surface area contributed by atoms with Crippen LogP contribution in [0.2, 0.25) is 0 Å². The van der Waals surface area contributed by atoms with Crippen molar-refractivity contribution in [3.63, 3.8) is 0 Å². The van der Waals surface area contributed by atoms with Gasteiger partial charge in [-0.2, -0.15) is 5.10 Å². The molecule has 1 unspecified atom stereocenters.